The summed E-state index contributed by atoms with van der Waals surface area (Å²) in [5, 5.41) is 6.01. The lowest BCUT2D eigenvalue weighted by molar-refractivity contribution is -0.137. The van der Waals surface area contributed by atoms with Crippen molar-refractivity contribution >= 4 is 15.9 Å². The lowest BCUT2D eigenvalue weighted by atomic mass is 10.1. The molecule has 0 atom stereocenters. The van der Waals surface area contributed by atoms with E-state index in [4.69, 9.17) is 0 Å². The van der Waals surface area contributed by atoms with Crippen LogP contribution in [-0.2, 0) is 12.7 Å². The molecule has 0 radical (unpaired) electrons. The highest BCUT2D eigenvalue weighted by Crippen LogP contribution is 2.31. The van der Waals surface area contributed by atoms with Crippen LogP contribution in [0.4, 0.5) is 13.2 Å². The molecule has 2 N–H and O–H groups in total. The molecule has 0 aliphatic carbocycles. The highest BCUT2D eigenvalue weighted by Gasteiger charge is 2.30. The van der Waals surface area contributed by atoms with Crippen molar-refractivity contribution in [1.82, 2.24) is 10.6 Å². The highest BCUT2D eigenvalue weighted by molar-refractivity contribution is 9.10. The van der Waals surface area contributed by atoms with Gasteiger partial charge in [-0.3, -0.25) is 0 Å². The van der Waals surface area contributed by atoms with E-state index in [1.54, 1.807) is 0 Å². The van der Waals surface area contributed by atoms with Gasteiger partial charge in [0.1, 0.15) is 0 Å². The van der Waals surface area contributed by atoms with E-state index in [9.17, 15) is 13.2 Å². The Hall–Kier alpha value is -0.590. The Morgan fingerprint density at radius 2 is 1.94 bits per heavy atom. The normalized spacial score (nSPS) is 11.8. The molecule has 1 rings (SSSR count). The molecule has 0 saturated carbocycles. The van der Waals surface area contributed by atoms with Gasteiger partial charge in [-0.1, -0.05) is 15.9 Å². The monoisotopic (exact) mass is 310 g/mol. The van der Waals surface area contributed by atoms with Crippen LogP contribution in [0.2, 0.25) is 0 Å². The van der Waals surface area contributed by atoms with Crippen LogP contribution in [0, 0.1) is 0 Å². The summed E-state index contributed by atoms with van der Waals surface area (Å²) in [5.74, 6) is 0. The molecule has 17 heavy (non-hydrogen) atoms. The van der Waals surface area contributed by atoms with E-state index in [0.29, 0.717) is 23.1 Å². The Morgan fingerprint density at radius 3 is 2.53 bits per heavy atom. The van der Waals surface area contributed by atoms with Gasteiger partial charge in [0.2, 0.25) is 0 Å². The van der Waals surface area contributed by atoms with E-state index in [1.807, 2.05) is 7.05 Å². The van der Waals surface area contributed by atoms with E-state index in [0.717, 1.165) is 18.7 Å². The van der Waals surface area contributed by atoms with Crippen molar-refractivity contribution in [1.29, 1.82) is 0 Å². The third kappa shape index (κ3) is 4.65. The summed E-state index contributed by atoms with van der Waals surface area (Å²) in [4.78, 5) is 0. The standard InChI is InChI=1S/C11H14BrF3N2/c1-16-4-5-17-7-8-6-9(11(13,14)15)2-3-10(8)12/h2-3,6,16-17H,4-5,7H2,1H3. The van der Waals surface area contributed by atoms with Gasteiger partial charge in [0.05, 0.1) is 5.56 Å². The maximum Gasteiger partial charge on any atom is 0.416 e. The van der Waals surface area contributed by atoms with Crippen LogP contribution in [0.25, 0.3) is 0 Å². The molecule has 0 aliphatic heterocycles. The molecular weight excluding hydrogens is 297 g/mol. The van der Waals surface area contributed by atoms with Crippen LogP contribution < -0.4 is 10.6 Å². The van der Waals surface area contributed by atoms with E-state index in [1.165, 1.54) is 6.07 Å². The molecule has 0 heterocycles. The van der Waals surface area contributed by atoms with Crippen molar-refractivity contribution < 1.29 is 13.2 Å². The quantitative estimate of drug-likeness (QED) is 0.817. The van der Waals surface area contributed by atoms with Crippen LogP contribution in [0.3, 0.4) is 0 Å². The summed E-state index contributed by atoms with van der Waals surface area (Å²) in [6.07, 6.45) is -4.29. The molecule has 2 nitrogen and oxygen atoms in total. The number of hydrogen-bond acceptors (Lipinski definition) is 2. The zero-order chi connectivity index (χ0) is 12.9. The van der Waals surface area contributed by atoms with Crippen LogP contribution in [0.15, 0.2) is 22.7 Å². The molecule has 0 saturated heterocycles. The summed E-state index contributed by atoms with van der Waals surface area (Å²) < 4.78 is 38.2. The number of rotatable bonds is 5. The molecule has 1 aromatic rings. The first kappa shape index (κ1) is 14.5. The Kier molecular flexibility index (Phi) is 5.42. The number of nitrogens with one attached hydrogen (secondary N) is 2. The third-order valence-corrected chi connectivity index (χ3v) is 3.01. The Bertz CT molecular complexity index is 366. The van der Waals surface area contributed by atoms with Crippen molar-refractivity contribution in [3.05, 3.63) is 33.8 Å². The smallest absolute Gasteiger partial charge is 0.318 e. The molecule has 0 bridgehead atoms. The first-order chi connectivity index (χ1) is 7.95. The average Bonchev–Trinajstić information content (AvgIpc) is 2.25. The van der Waals surface area contributed by atoms with Crippen molar-refractivity contribution in [2.45, 2.75) is 12.7 Å². The molecular formula is C11H14BrF3N2. The predicted octanol–water partition coefficient (Wildman–Crippen LogP) is 2.78. The fraction of sp³-hybridized carbons (Fsp3) is 0.455. The van der Waals surface area contributed by atoms with Crippen molar-refractivity contribution in [3.63, 3.8) is 0 Å². The van der Waals surface area contributed by atoms with Crippen LogP contribution in [-0.4, -0.2) is 20.1 Å². The summed E-state index contributed by atoms with van der Waals surface area (Å²) in [5.41, 5.74) is -0.0120. The molecule has 0 aromatic heterocycles. The molecule has 0 spiro atoms. The summed E-state index contributed by atoms with van der Waals surface area (Å²) in [7, 11) is 1.82. The Labute approximate surface area is 107 Å². The van der Waals surface area contributed by atoms with E-state index >= 15 is 0 Å². The number of likely N-dealkylation sites (N-methyl/N-ethyl adjacent to an activating group) is 1. The van der Waals surface area contributed by atoms with Crippen LogP contribution in [0.5, 0.6) is 0 Å². The maximum absolute atomic E-state index is 12.5. The highest BCUT2D eigenvalue weighted by atomic mass is 79.9. The Morgan fingerprint density at radius 1 is 1.24 bits per heavy atom. The van der Waals surface area contributed by atoms with Gasteiger partial charge in [0.25, 0.3) is 0 Å². The minimum Gasteiger partial charge on any atom is -0.318 e. The van der Waals surface area contributed by atoms with Crippen LogP contribution in [0.1, 0.15) is 11.1 Å². The number of halogens is 4. The largest absolute Gasteiger partial charge is 0.416 e. The maximum atomic E-state index is 12.5. The van der Waals surface area contributed by atoms with Gasteiger partial charge >= 0.3 is 6.18 Å². The zero-order valence-corrected chi connectivity index (χ0v) is 11.0. The van der Waals surface area contributed by atoms with Gasteiger partial charge in [-0.05, 0) is 30.8 Å². The number of hydrogen-bond donors (Lipinski definition) is 2. The average molecular weight is 311 g/mol. The molecule has 0 aliphatic rings. The fourth-order valence-electron chi connectivity index (χ4n) is 1.32. The second-order valence-electron chi connectivity index (χ2n) is 3.58. The zero-order valence-electron chi connectivity index (χ0n) is 9.37. The second kappa shape index (κ2) is 6.37. The van der Waals surface area contributed by atoms with Gasteiger partial charge < -0.3 is 10.6 Å². The van der Waals surface area contributed by atoms with E-state index < -0.39 is 11.7 Å². The third-order valence-electron chi connectivity index (χ3n) is 2.24. The Balaban J connectivity index is 2.70. The van der Waals surface area contributed by atoms with Crippen molar-refractivity contribution in [3.8, 4) is 0 Å². The van der Waals surface area contributed by atoms with E-state index in [2.05, 4.69) is 26.6 Å². The molecule has 0 amide bonds. The SMILES string of the molecule is CNCCNCc1cc(C(F)(F)F)ccc1Br. The second-order valence-corrected chi connectivity index (χ2v) is 4.44. The van der Waals surface area contributed by atoms with Crippen LogP contribution >= 0.6 is 15.9 Å². The van der Waals surface area contributed by atoms with Crippen molar-refractivity contribution in [2.24, 2.45) is 0 Å². The topological polar surface area (TPSA) is 24.1 Å². The molecule has 0 fully saturated rings. The fourth-order valence-corrected chi connectivity index (χ4v) is 1.71. The van der Waals surface area contributed by atoms with Gasteiger partial charge in [0.15, 0.2) is 0 Å². The summed E-state index contributed by atoms with van der Waals surface area (Å²) in [6.45, 7) is 1.89. The minimum absolute atomic E-state index is 0.409. The van der Waals surface area contributed by atoms with Gasteiger partial charge in [0, 0.05) is 24.1 Å². The van der Waals surface area contributed by atoms with Gasteiger partial charge in [-0.15, -0.1) is 0 Å². The molecule has 6 heteroatoms. The molecule has 1 aromatic carbocycles. The lowest BCUT2D eigenvalue weighted by Gasteiger charge is -2.11. The predicted molar refractivity (Wildman–Crippen MR) is 64.8 cm³/mol. The lowest BCUT2D eigenvalue weighted by Crippen LogP contribution is -2.24. The molecule has 96 valence electrons. The van der Waals surface area contributed by atoms with E-state index in [-0.39, 0.29) is 0 Å². The minimum atomic E-state index is -4.29. The van der Waals surface area contributed by atoms with Gasteiger partial charge in [-0.25, -0.2) is 0 Å². The first-order valence-electron chi connectivity index (χ1n) is 5.16. The number of alkyl halides is 3. The van der Waals surface area contributed by atoms with Crippen molar-refractivity contribution in [2.75, 3.05) is 20.1 Å². The first-order valence-corrected chi connectivity index (χ1v) is 5.95. The summed E-state index contributed by atoms with van der Waals surface area (Å²) in [6, 6.07) is 3.66. The number of benzene rings is 1. The molecule has 0 unspecified atom stereocenters. The summed E-state index contributed by atoms with van der Waals surface area (Å²) >= 11 is 3.24. The van der Waals surface area contributed by atoms with Gasteiger partial charge in [-0.2, -0.15) is 13.2 Å².